The van der Waals surface area contributed by atoms with E-state index in [9.17, 15) is 13.2 Å². The van der Waals surface area contributed by atoms with Gasteiger partial charge < -0.3 is 5.73 Å². The predicted octanol–water partition coefficient (Wildman–Crippen LogP) is 7.40. The zero-order valence-corrected chi connectivity index (χ0v) is 18.1. The molecule has 2 aromatic carbocycles. The second-order valence-electron chi connectivity index (χ2n) is 7.70. The van der Waals surface area contributed by atoms with Crippen molar-refractivity contribution >= 4 is 21.4 Å². The van der Waals surface area contributed by atoms with E-state index in [1.807, 2.05) is 19.1 Å². The average Bonchev–Trinajstić information content (AvgIpc) is 3.02. The standard InChI is InChI=1S/C25H26F3NS/c1-17(14-15-29)6-4-3-5-7-19-8-13-22-23(16-19)30-18(2)24(22)20-9-11-21(12-10-20)25(26,27)28/h8-13,16-17H,3-4,6,14-15,29H2,1-2H3. The SMILES string of the molecule is Cc1sc2cc(C#CCCCC(C)CCN)ccc2c1-c1ccc(C(F)(F)F)cc1. The van der Waals surface area contributed by atoms with E-state index in [1.165, 1.54) is 0 Å². The highest BCUT2D eigenvalue weighted by Crippen LogP contribution is 2.39. The molecule has 0 saturated carbocycles. The molecule has 0 amide bonds. The van der Waals surface area contributed by atoms with Crippen molar-refractivity contribution in [2.75, 3.05) is 6.54 Å². The first-order valence-electron chi connectivity index (χ1n) is 10.2. The first-order chi connectivity index (χ1) is 14.3. The Bertz CT molecular complexity index is 1050. The van der Waals surface area contributed by atoms with E-state index in [-0.39, 0.29) is 0 Å². The van der Waals surface area contributed by atoms with Crippen molar-refractivity contribution in [3.8, 4) is 23.0 Å². The highest BCUT2D eigenvalue weighted by molar-refractivity contribution is 7.19. The average molecular weight is 430 g/mol. The third-order valence-corrected chi connectivity index (χ3v) is 6.33. The Morgan fingerprint density at radius 1 is 1.07 bits per heavy atom. The van der Waals surface area contributed by atoms with Crippen LogP contribution in [0.25, 0.3) is 21.2 Å². The Hall–Kier alpha value is -2.29. The lowest BCUT2D eigenvalue weighted by atomic mass is 10.00. The highest BCUT2D eigenvalue weighted by Gasteiger charge is 2.30. The van der Waals surface area contributed by atoms with Crippen molar-refractivity contribution in [2.24, 2.45) is 11.7 Å². The Balaban J connectivity index is 1.76. The van der Waals surface area contributed by atoms with Gasteiger partial charge in [-0.15, -0.1) is 11.3 Å². The zero-order valence-electron chi connectivity index (χ0n) is 17.3. The number of aryl methyl sites for hydroxylation is 1. The third-order valence-electron chi connectivity index (χ3n) is 5.26. The lowest BCUT2D eigenvalue weighted by molar-refractivity contribution is -0.137. The number of unbranched alkanes of at least 4 members (excludes halogenated alkanes) is 1. The highest BCUT2D eigenvalue weighted by atomic mass is 32.1. The molecule has 0 fully saturated rings. The number of hydrogen-bond acceptors (Lipinski definition) is 2. The maximum atomic E-state index is 12.8. The van der Waals surface area contributed by atoms with Crippen LogP contribution in [0, 0.1) is 24.7 Å². The topological polar surface area (TPSA) is 26.0 Å². The second kappa shape index (κ2) is 9.68. The van der Waals surface area contributed by atoms with Crippen LogP contribution in [0.15, 0.2) is 42.5 Å². The quantitative estimate of drug-likeness (QED) is 0.321. The van der Waals surface area contributed by atoms with E-state index >= 15 is 0 Å². The molecule has 0 radical (unpaired) electrons. The molecular weight excluding hydrogens is 403 g/mol. The van der Waals surface area contributed by atoms with Gasteiger partial charge in [0.15, 0.2) is 0 Å². The summed E-state index contributed by atoms with van der Waals surface area (Å²) >= 11 is 1.65. The molecule has 1 heterocycles. The fourth-order valence-electron chi connectivity index (χ4n) is 3.61. The van der Waals surface area contributed by atoms with Gasteiger partial charge in [0, 0.05) is 32.5 Å². The summed E-state index contributed by atoms with van der Waals surface area (Å²) in [6, 6.07) is 11.5. The summed E-state index contributed by atoms with van der Waals surface area (Å²) in [5, 5.41) is 1.05. The Labute approximate surface area is 180 Å². The molecular formula is C25H26F3NS. The van der Waals surface area contributed by atoms with Crippen molar-refractivity contribution in [1.29, 1.82) is 0 Å². The minimum absolute atomic E-state index is 0.626. The number of nitrogens with two attached hydrogens (primary N) is 1. The van der Waals surface area contributed by atoms with Crippen LogP contribution in [0.2, 0.25) is 0 Å². The number of fused-ring (bicyclic) bond motifs is 1. The molecule has 1 unspecified atom stereocenters. The molecule has 5 heteroatoms. The number of rotatable bonds is 6. The molecule has 0 aliphatic carbocycles. The first-order valence-corrected chi connectivity index (χ1v) is 11.0. The van der Waals surface area contributed by atoms with Crippen LogP contribution in [-0.2, 0) is 6.18 Å². The molecule has 2 N–H and O–H groups in total. The van der Waals surface area contributed by atoms with Gasteiger partial charge in [0.05, 0.1) is 5.56 Å². The van der Waals surface area contributed by atoms with Gasteiger partial charge >= 0.3 is 6.18 Å². The number of thiophene rings is 1. The summed E-state index contributed by atoms with van der Waals surface area (Å²) in [4.78, 5) is 1.09. The maximum absolute atomic E-state index is 12.8. The van der Waals surface area contributed by atoms with Crippen LogP contribution >= 0.6 is 11.3 Å². The molecule has 3 aromatic rings. The minimum atomic E-state index is -4.32. The first kappa shape index (κ1) is 22.4. The van der Waals surface area contributed by atoms with Crippen LogP contribution in [0.3, 0.4) is 0 Å². The van der Waals surface area contributed by atoms with E-state index in [0.29, 0.717) is 5.92 Å². The van der Waals surface area contributed by atoms with E-state index in [1.54, 1.807) is 23.5 Å². The fourth-order valence-corrected chi connectivity index (χ4v) is 4.74. The molecule has 0 aliphatic rings. The van der Waals surface area contributed by atoms with Crippen LogP contribution in [0.1, 0.15) is 48.6 Å². The summed E-state index contributed by atoms with van der Waals surface area (Å²) in [5.41, 5.74) is 7.73. The molecule has 3 rings (SSSR count). The van der Waals surface area contributed by atoms with Gasteiger partial charge in [-0.2, -0.15) is 13.2 Å². The summed E-state index contributed by atoms with van der Waals surface area (Å²) < 4.78 is 39.6. The van der Waals surface area contributed by atoms with Crippen molar-refractivity contribution in [3.63, 3.8) is 0 Å². The lowest BCUT2D eigenvalue weighted by Gasteiger charge is -2.08. The zero-order chi connectivity index (χ0) is 21.7. The lowest BCUT2D eigenvalue weighted by Crippen LogP contribution is -2.05. The van der Waals surface area contributed by atoms with Gasteiger partial charge in [-0.1, -0.05) is 37.0 Å². The normalized spacial score (nSPS) is 12.6. The Kier molecular flexibility index (Phi) is 7.23. The van der Waals surface area contributed by atoms with Gasteiger partial charge in [0.25, 0.3) is 0 Å². The minimum Gasteiger partial charge on any atom is -0.330 e. The molecule has 0 spiro atoms. The molecule has 1 nitrogen and oxygen atoms in total. The smallest absolute Gasteiger partial charge is 0.330 e. The largest absolute Gasteiger partial charge is 0.416 e. The van der Waals surface area contributed by atoms with Crippen molar-refractivity contribution in [3.05, 3.63) is 58.5 Å². The molecule has 0 bridgehead atoms. The number of hydrogen-bond donors (Lipinski definition) is 1. The fraction of sp³-hybridized carbons (Fsp3) is 0.360. The Morgan fingerprint density at radius 3 is 2.47 bits per heavy atom. The summed E-state index contributed by atoms with van der Waals surface area (Å²) in [6.07, 6.45) is -0.172. The second-order valence-corrected chi connectivity index (χ2v) is 8.95. The van der Waals surface area contributed by atoms with E-state index in [0.717, 1.165) is 76.0 Å². The summed E-state index contributed by atoms with van der Waals surface area (Å²) in [5.74, 6) is 7.14. The maximum Gasteiger partial charge on any atom is 0.416 e. The van der Waals surface area contributed by atoms with Gasteiger partial charge in [0.1, 0.15) is 0 Å². The van der Waals surface area contributed by atoms with Gasteiger partial charge in [-0.05, 0) is 68.5 Å². The molecule has 1 aromatic heterocycles. The molecule has 158 valence electrons. The van der Waals surface area contributed by atoms with Gasteiger partial charge in [-0.3, -0.25) is 0 Å². The van der Waals surface area contributed by atoms with Crippen LogP contribution < -0.4 is 5.73 Å². The van der Waals surface area contributed by atoms with Crippen molar-refractivity contribution in [2.45, 2.75) is 45.7 Å². The predicted molar refractivity (Wildman–Crippen MR) is 121 cm³/mol. The van der Waals surface area contributed by atoms with Crippen LogP contribution in [0.5, 0.6) is 0 Å². The summed E-state index contributed by atoms with van der Waals surface area (Å²) in [7, 11) is 0. The number of alkyl halides is 3. The molecule has 0 saturated heterocycles. The van der Waals surface area contributed by atoms with E-state index in [4.69, 9.17) is 5.73 Å². The Morgan fingerprint density at radius 2 is 1.80 bits per heavy atom. The molecule has 30 heavy (non-hydrogen) atoms. The van der Waals surface area contributed by atoms with Gasteiger partial charge in [0.2, 0.25) is 0 Å². The molecule has 1 atom stereocenters. The van der Waals surface area contributed by atoms with Crippen molar-refractivity contribution < 1.29 is 13.2 Å². The third kappa shape index (κ3) is 5.44. The van der Waals surface area contributed by atoms with Gasteiger partial charge in [-0.25, -0.2) is 0 Å². The number of halogens is 3. The summed E-state index contributed by atoms with van der Waals surface area (Å²) in [6.45, 7) is 4.97. The van der Waals surface area contributed by atoms with E-state index < -0.39 is 11.7 Å². The van der Waals surface area contributed by atoms with Crippen LogP contribution in [0.4, 0.5) is 13.2 Å². The number of benzene rings is 2. The van der Waals surface area contributed by atoms with E-state index in [2.05, 4.69) is 24.8 Å². The van der Waals surface area contributed by atoms with Crippen LogP contribution in [-0.4, -0.2) is 6.54 Å². The van der Waals surface area contributed by atoms with Crippen molar-refractivity contribution in [1.82, 2.24) is 0 Å². The monoisotopic (exact) mass is 429 g/mol. The molecule has 0 aliphatic heterocycles.